The van der Waals surface area contributed by atoms with Crippen LogP contribution in [0.25, 0.3) is 5.69 Å². The molecule has 0 N–H and O–H groups in total. The van der Waals surface area contributed by atoms with Crippen LogP contribution in [0, 0.1) is 18.2 Å². The Balaban J connectivity index is 1.76. The lowest BCUT2D eigenvalue weighted by atomic mass is 9.92. The summed E-state index contributed by atoms with van der Waals surface area (Å²) in [4.78, 5) is 29.4. The van der Waals surface area contributed by atoms with Gasteiger partial charge in [-0.3, -0.25) is 14.5 Å². The third kappa shape index (κ3) is 5.09. The van der Waals surface area contributed by atoms with E-state index in [0.717, 1.165) is 26.1 Å². The molecule has 1 fully saturated rings. The van der Waals surface area contributed by atoms with Gasteiger partial charge in [0.05, 0.1) is 0 Å². The van der Waals surface area contributed by atoms with Gasteiger partial charge >= 0.3 is 0 Å². The molecule has 0 atom stereocenters. The summed E-state index contributed by atoms with van der Waals surface area (Å²) < 4.78 is 15.5. The summed E-state index contributed by atoms with van der Waals surface area (Å²) >= 11 is 0. The van der Waals surface area contributed by atoms with Gasteiger partial charge < -0.3 is 4.90 Å². The number of benzene rings is 1. The summed E-state index contributed by atoms with van der Waals surface area (Å²) in [5, 5.41) is 4.23. The Morgan fingerprint density at radius 3 is 2.41 bits per heavy atom. The first-order chi connectivity index (χ1) is 13.7. The van der Waals surface area contributed by atoms with Crippen LogP contribution in [-0.2, 0) is 0 Å². The van der Waals surface area contributed by atoms with E-state index in [1.165, 1.54) is 16.8 Å². The van der Waals surface area contributed by atoms with Crippen molar-refractivity contribution in [3.8, 4) is 5.69 Å². The largest absolute Gasteiger partial charge is 0.335 e. The van der Waals surface area contributed by atoms with Gasteiger partial charge in [-0.05, 0) is 37.4 Å². The van der Waals surface area contributed by atoms with Gasteiger partial charge in [-0.25, -0.2) is 9.07 Å². The molecule has 2 heterocycles. The van der Waals surface area contributed by atoms with E-state index in [9.17, 15) is 14.0 Å². The predicted octanol–water partition coefficient (Wildman–Crippen LogP) is 2.87. The molecule has 6 nitrogen and oxygen atoms in total. The van der Waals surface area contributed by atoms with E-state index >= 15 is 0 Å². The van der Waals surface area contributed by atoms with E-state index in [4.69, 9.17) is 0 Å². The number of amides is 1. The van der Waals surface area contributed by atoms with E-state index in [0.29, 0.717) is 18.8 Å². The number of piperazine rings is 1. The number of carbonyl (C=O) groups is 1. The number of hydrogen-bond acceptors (Lipinski definition) is 4. The topological polar surface area (TPSA) is 58.4 Å². The standard InChI is InChI=1S/C22H29FN4O2/c1-16-15-19(28)20(24-27(16)18-8-6-5-7-17(18)23)21(29)26-13-11-25(12-14-26)10-9-22(2,3)4/h5-8,15H,9-14H2,1-4H3. The second-order valence-corrected chi connectivity index (χ2v) is 8.81. The summed E-state index contributed by atoms with van der Waals surface area (Å²) in [5.74, 6) is -0.854. The van der Waals surface area contributed by atoms with Gasteiger partial charge in [0.1, 0.15) is 11.5 Å². The second-order valence-electron chi connectivity index (χ2n) is 8.81. The zero-order chi connectivity index (χ0) is 21.2. The summed E-state index contributed by atoms with van der Waals surface area (Å²) in [6.45, 7) is 12.0. The second kappa shape index (κ2) is 8.45. The maximum absolute atomic E-state index is 14.2. The number of aromatic nitrogens is 2. The van der Waals surface area contributed by atoms with Gasteiger partial charge in [0.25, 0.3) is 5.91 Å². The highest BCUT2D eigenvalue weighted by Crippen LogP contribution is 2.19. The molecule has 0 saturated carbocycles. The minimum absolute atomic E-state index is 0.165. The van der Waals surface area contributed by atoms with Crippen molar-refractivity contribution in [3.63, 3.8) is 0 Å². The lowest BCUT2D eigenvalue weighted by Gasteiger charge is -2.35. The fourth-order valence-electron chi connectivity index (χ4n) is 3.38. The van der Waals surface area contributed by atoms with Crippen LogP contribution < -0.4 is 5.43 Å². The Morgan fingerprint density at radius 2 is 1.79 bits per heavy atom. The molecule has 7 heteroatoms. The maximum Gasteiger partial charge on any atom is 0.278 e. The molecular formula is C22H29FN4O2. The Morgan fingerprint density at radius 1 is 1.14 bits per heavy atom. The van der Waals surface area contributed by atoms with Gasteiger partial charge in [0.2, 0.25) is 5.43 Å². The average Bonchev–Trinajstić information content (AvgIpc) is 2.67. The van der Waals surface area contributed by atoms with Gasteiger partial charge in [0, 0.05) is 37.9 Å². The van der Waals surface area contributed by atoms with Gasteiger partial charge in [0.15, 0.2) is 5.69 Å². The predicted molar refractivity (Wildman–Crippen MR) is 111 cm³/mol. The molecule has 0 radical (unpaired) electrons. The average molecular weight is 400 g/mol. The quantitative estimate of drug-likeness (QED) is 0.792. The molecule has 1 aliphatic rings. The van der Waals surface area contributed by atoms with E-state index in [-0.39, 0.29) is 16.8 Å². The van der Waals surface area contributed by atoms with Crippen LogP contribution in [0.5, 0.6) is 0 Å². The normalized spacial score (nSPS) is 15.6. The van der Waals surface area contributed by atoms with Crippen molar-refractivity contribution in [1.29, 1.82) is 0 Å². The highest BCUT2D eigenvalue weighted by atomic mass is 19.1. The highest BCUT2D eigenvalue weighted by molar-refractivity contribution is 5.92. The van der Waals surface area contributed by atoms with Crippen LogP contribution in [0.3, 0.4) is 0 Å². The van der Waals surface area contributed by atoms with Crippen molar-refractivity contribution < 1.29 is 9.18 Å². The third-order valence-corrected chi connectivity index (χ3v) is 5.23. The van der Waals surface area contributed by atoms with E-state index < -0.39 is 17.2 Å². The molecule has 1 aliphatic heterocycles. The molecule has 1 aromatic heterocycles. The Hall–Kier alpha value is -2.54. The molecule has 0 unspecified atom stereocenters. The molecule has 2 aromatic rings. The molecule has 1 aromatic carbocycles. The first kappa shape index (κ1) is 21.2. The lowest BCUT2D eigenvalue weighted by molar-refractivity contribution is 0.0614. The lowest BCUT2D eigenvalue weighted by Crippen LogP contribution is -2.50. The fourth-order valence-corrected chi connectivity index (χ4v) is 3.38. The van der Waals surface area contributed by atoms with E-state index in [1.807, 2.05) is 0 Å². The molecule has 0 aliphatic carbocycles. The summed E-state index contributed by atoms with van der Waals surface area (Å²) in [6, 6.07) is 7.51. The Kier molecular flexibility index (Phi) is 6.17. The smallest absolute Gasteiger partial charge is 0.278 e. The van der Waals surface area contributed by atoms with Crippen molar-refractivity contribution in [2.24, 2.45) is 5.41 Å². The maximum atomic E-state index is 14.2. The molecule has 29 heavy (non-hydrogen) atoms. The van der Waals surface area contributed by atoms with Crippen molar-refractivity contribution in [2.45, 2.75) is 34.1 Å². The number of nitrogens with zero attached hydrogens (tertiary/aromatic N) is 4. The molecule has 3 rings (SSSR count). The van der Waals surface area contributed by atoms with Gasteiger partial charge in [-0.15, -0.1) is 0 Å². The first-order valence-corrected chi connectivity index (χ1v) is 10.0. The molecule has 156 valence electrons. The van der Waals surface area contributed by atoms with Gasteiger partial charge in [-0.1, -0.05) is 32.9 Å². The first-order valence-electron chi connectivity index (χ1n) is 10.0. The summed E-state index contributed by atoms with van der Waals surface area (Å²) in [5.41, 5.74) is 0.364. The van der Waals surface area contributed by atoms with Crippen molar-refractivity contribution >= 4 is 5.91 Å². The molecule has 1 amide bonds. The fraction of sp³-hybridized carbons (Fsp3) is 0.500. The minimum atomic E-state index is -0.461. The minimum Gasteiger partial charge on any atom is -0.335 e. The Bertz CT molecular complexity index is 941. The van der Waals surface area contributed by atoms with Crippen molar-refractivity contribution in [3.05, 3.63) is 57.8 Å². The Labute approximate surface area is 170 Å². The zero-order valence-corrected chi connectivity index (χ0v) is 17.6. The van der Waals surface area contributed by atoms with Crippen LogP contribution >= 0.6 is 0 Å². The third-order valence-electron chi connectivity index (χ3n) is 5.23. The van der Waals surface area contributed by atoms with Crippen LogP contribution in [0.2, 0.25) is 0 Å². The monoisotopic (exact) mass is 400 g/mol. The van der Waals surface area contributed by atoms with E-state index in [2.05, 4.69) is 30.8 Å². The number of para-hydroxylation sites is 1. The van der Waals surface area contributed by atoms with Crippen LogP contribution in [-0.4, -0.2) is 58.2 Å². The van der Waals surface area contributed by atoms with Crippen LogP contribution in [0.15, 0.2) is 35.1 Å². The number of hydrogen-bond donors (Lipinski definition) is 0. The number of halogens is 1. The van der Waals surface area contributed by atoms with Crippen molar-refractivity contribution in [2.75, 3.05) is 32.7 Å². The SMILES string of the molecule is Cc1cc(=O)c(C(=O)N2CCN(CCC(C)(C)C)CC2)nn1-c1ccccc1F. The van der Waals surface area contributed by atoms with E-state index in [1.54, 1.807) is 30.0 Å². The number of aryl methyl sites for hydroxylation is 1. The van der Waals surface area contributed by atoms with Crippen LogP contribution in [0.4, 0.5) is 4.39 Å². The number of rotatable bonds is 4. The molecule has 0 spiro atoms. The molecular weight excluding hydrogens is 371 g/mol. The van der Waals surface area contributed by atoms with Crippen molar-refractivity contribution in [1.82, 2.24) is 19.6 Å². The molecule has 0 bridgehead atoms. The number of carbonyl (C=O) groups excluding carboxylic acids is 1. The zero-order valence-electron chi connectivity index (χ0n) is 17.6. The highest BCUT2D eigenvalue weighted by Gasteiger charge is 2.26. The van der Waals surface area contributed by atoms with Crippen LogP contribution in [0.1, 0.15) is 43.4 Å². The van der Waals surface area contributed by atoms with Gasteiger partial charge in [-0.2, -0.15) is 5.10 Å². The molecule has 1 saturated heterocycles. The summed E-state index contributed by atoms with van der Waals surface area (Å²) in [6.07, 6.45) is 1.09. The summed E-state index contributed by atoms with van der Waals surface area (Å²) in [7, 11) is 0.